The SMILES string of the molecule is C#CCCC1(CCC(=O)Nc2cccn(Cc3ccccc3)c2=O)N=N1. The summed E-state index contributed by atoms with van der Waals surface area (Å²) in [5.41, 5.74) is 0.572. The summed E-state index contributed by atoms with van der Waals surface area (Å²) in [6.45, 7) is 0.455. The van der Waals surface area contributed by atoms with Gasteiger partial charge in [-0.3, -0.25) is 9.59 Å². The van der Waals surface area contributed by atoms with Crippen molar-refractivity contribution in [2.24, 2.45) is 10.2 Å². The maximum atomic E-state index is 12.6. The second-order valence-corrected chi connectivity index (χ2v) is 6.28. The number of benzene rings is 1. The largest absolute Gasteiger partial charge is 0.321 e. The minimum atomic E-state index is -0.492. The lowest BCUT2D eigenvalue weighted by Crippen LogP contribution is -2.26. The Kier molecular flexibility index (Phi) is 5.28. The molecule has 3 rings (SSSR count). The number of carbonyl (C=O) groups is 1. The Morgan fingerprint density at radius 2 is 1.92 bits per heavy atom. The van der Waals surface area contributed by atoms with Crippen LogP contribution in [0.4, 0.5) is 5.69 Å². The first-order valence-electron chi connectivity index (χ1n) is 8.53. The molecule has 1 aromatic carbocycles. The molecular formula is C20H20N4O2. The molecule has 1 aromatic heterocycles. The predicted octanol–water partition coefficient (Wildman–Crippen LogP) is 3.19. The summed E-state index contributed by atoms with van der Waals surface area (Å²) >= 11 is 0. The fourth-order valence-corrected chi connectivity index (χ4v) is 2.73. The van der Waals surface area contributed by atoms with Crippen LogP contribution in [-0.2, 0) is 11.3 Å². The molecular weight excluding hydrogens is 328 g/mol. The van der Waals surface area contributed by atoms with Crippen LogP contribution in [0.15, 0.2) is 63.7 Å². The first kappa shape index (κ1) is 17.6. The van der Waals surface area contributed by atoms with Gasteiger partial charge in [-0.2, -0.15) is 10.2 Å². The summed E-state index contributed by atoms with van der Waals surface area (Å²) in [7, 11) is 0. The molecule has 0 unspecified atom stereocenters. The molecule has 1 aliphatic rings. The number of pyridine rings is 1. The molecule has 0 saturated carbocycles. The quantitative estimate of drug-likeness (QED) is 0.744. The van der Waals surface area contributed by atoms with Gasteiger partial charge in [0.25, 0.3) is 5.56 Å². The summed E-state index contributed by atoms with van der Waals surface area (Å²) in [5.74, 6) is 2.34. The molecule has 2 heterocycles. The number of rotatable bonds is 8. The smallest absolute Gasteiger partial charge is 0.274 e. The molecule has 6 heteroatoms. The van der Waals surface area contributed by atoms with Crippen molar-refractivity contribution in [1.29, 1.82) is 0 Å². The summed E-state index contributed by atoms with van der Waals surface area (Å²) in [6, 6.07) is 13.1. The molecule has 0 atom stereocenters. The molecule has 26 heavy (non-hydrogen) atoms. The third kappa shape index (κ3) is 4.45. The van der Waals surface area contributed by atoms with E-state index in [1.165, 1.54) is 0 Å². The third-order valence-corrected chi connectivity index (χ3v) is 4.30. The van der Waals surface area contributed by atoms with Crippen molar-refractivity contribution < 1.29 is 4.79 Å². The van der Waals surface area contributed by atoms with Crippen LogP contribution >= 0.6 is 0 Å². The summed E-state index contributed by atoms with van der Waals surface area (Å²) in [5, 5.41) is 10.7. The van der Waals surface area contributed by atoms with Gasteiger partial charge >= 0.3 is 0 Å². The van der Waals surface area contributed by atoms with Gasteiger partial charge < -0.3 is 9.88 Å². The summed E-state index contributed by atoms with van der Waals surface area (Å²) < 4.78 is 1.57. The zero-order chi connectivity index (χ0) is 18.4. The Bertz CT molecular complexity index is 903. The van der Waals surface area contributed by atoms with Gasteiger partial charge in [-0.1, -0.05) is 30.3 Å². The zero-order valence-corrected chi connectivity index (χ0v) is 14.4. The lowest BCUT2D eigenvalue weighted by molar-refractivity contribution is -0.116. The van der Waals surface area contributed by atoms with E-state index >= 15 is 0 Å². The molecule has 1 N–H and O–H groups in total. The molecule has 132 valence electrons. The molecule has 6 nitrogen and oxygen atoms in total. The van der Waals surface area contributed by atoms with Gasteiger partial charge in [0.15, 0.2) is 5.66 Å². The Hall–Kier alpha value is -3.20. The van der Waals surface area contributed by atoms with Crippen LogP contribution in [0.3, 0.4) is 0 Å². The van der Waals surface area contributed by atoms with Gasteiger partial charge in [-0.25, -0.2) is 0 Å². The van der Waals surface area contributed by atoms with Gasteiger partial charge in [0, 0.05) is 31.9 Å². The Balaban J connectivity index is 1.59. The van der Waals surface area contributed by atoms with Gasteiger partial charge in [-0.15, -0.1) is 12.3 Å². The number of carbonyl (C=O) groups excluding carboxylic acids is 1. The third-order valence-electron chi connectivity index (χ3n) is 4.30. The highest BCUT2D eigenvalue weighted by Gasteiger charge is 2.39. The van der Waals surface area contributed by atoms with Crippen LogP contribution in [0.1, 0.15) is 31.2 Å². The number of aromatic nitrogens is 1. The molecule has 1 aliphatic heterocycles. The highest BCUT2D eigenvalue weighted by molar-refractivity contribution is 5.90. The number of nitrogens with zero attached hydrogens (tertiary/aromatic N) is 3. The molecule has 0 radical (unpaired) electrons. The van der Waals surface area contributed by atoms with Crippen molar-refractivity contribution in [3.63, 3.8) is 0 Å². The van der Waals surface area contributed by atoms with E-state index in [4.69, 9.17) is 6.42 Å². The van der Waals surface area contributed by atoms with E-state index in [1.54, 1.807) is 22.9 Å². The predicted molar refractivity (Wildman–Crippen MR) is 99.8 cm³/mol. The van der Waals surface area contributed by atoms with Gasteiger partial charge in [0.05, 0.1) is 6.54 Å². The van der Waals surface area contributed by atoms with E-state index < -0.39 is 5.66 Å². The van der Waals surface area contributed by atoms with Crippen molar-refractivity contribution in [3.8, 4) is 12.3 Å². The molecule has 0 spiro atoms. The molecule has 0 fully saturated rings. The zero-order valence-electron chi connectivity index (χ0n) is 14.4. The summed E-state index contributed by atoms with van der Waals surface area (Å²) in [6.07, 6.45) is 8.95. The van der Waals surface area contributed by atoms with Gasteiger partial charge in [0.2, 0.25) is 5.91 Å². The van der Waals surface area contributed by atoms with E-state index in [0.29, 0.717) is 25.8 Å². The number of terminal acetylenes is 1. The topological polar surface area (TPSA) is 75.8 Å². The number of hydrogen-bond donors (Lipinski definition) is 1. The highest BCUT2D eigenvalue weighted by Crippen LogP contribution is 2.37. The fourth-order valence-electron chi connectivity index (χ4n) is 2.73. The van der Waals surface area contributed by atoms with E-state index in [2.05, 4.69) is 21.5 Å². The minimum absolute atomic E-state index is 0.225. The molecule has 2 aromatic rings. The summed E-state index contributed by atoms with van der Waals surface area (Å²) in [4.78, 5) is 24.8. The maximum absolute atomic E-state index is 12.6. The number of amides is 1. The van der Waals surface area contributed by atoms with Crippen LogP contribution in [0.2, 0.25) is 0 Å². The van der Waals surface area contributed by atoms with Crippen LogP contribution in [0, 0.1) is 12.3 Å². The normalized spacial score (nSPS) is 13.8. The van der Waals surface area contributed by atoms with E-state index in [0.717, 1.165) is 5.56 Å². The van der Waals surface area contributed by atoms with E-state index in [-0.39, 0.29) is 23.6 Å². The number of nitrogens with one attached hydrogen (secondary N) is 1. The number of anilines is 1. The molecule has 1 amide bonds. The second kappa shape index (κ2) is 7.79. The number of hydrogen-bond acceptors (Lipinski definition) is 4. The monoisotopic (exact) mass is 348 g/mol. The lowest BCUT2D eigenvalue weighted by Gasteiger charge is -2.11. The second-order valence-electron chi connectivity index (χ2n) is 6.28. The van der Waals surface area contributed by atoms with Crippen LogP contribution in [-0.4, -0.2) is 16.1 Å². The maximum Gasteiger partial charge on any atom is 0.274 e. The van der Waals surface area contributed by atoms with Crippen LogP contribution < -0.4 is 10.9 Å². The first-order chi connectivity index (χ1) is 12.6. The average Bonchev–Trinajstić information content (AvgIpc) is 3.43. The van der Waals surface area contributed by atoms with Crippen LogP contribution in [0.25, 0.3) is 0 Å². The van der Waals surface area contributed by atoms with Gasteiger partial charge in [-0.05, 0) is 17.7 Å². The highest BCUT2D eigenvalue weighted by atomic mass is 16.2. The first-order valence-corrected chi connectivity index (χ1v) is 8.53. The standard InChI is InChI=1S/C20H20N4O2/c1-2-3-12-20(22-23-20)13-11-18(25)21-17-10-7-14-24(19(17)26)15-16-8-5-4-6-9-16/h1,4-10,14H,3,11-13,15H2,(H,21,25). The van der Waals surface area contributed by atoms with Gasteiger partial charge in [0.1, 0.15) is 5.69 Å². The molecule has 0 saturated heterocycles. The Labute approximate surface area is 152 Å². The minimum Gasteiger partial charge on any atom is -0.321 e. The van der Waals surface area contributed by atoms with Crippen molar-refractivity contribution in [2.75, 3.05) is 5.32 Å². The van der Waals surface area contributed by atoms with Crippen LogP contribution in [0.5, 0.6) is 0 Å². The molecule has 0 bridgehead atoms. The Morgan fingerprint density at radius 3 is 2.62 bits per heavy atom. The fraction of sp³-hybridized carbons (Fsp3) is 0.300. The Morgan fingerprint density at radius 1 is 1.15 bits per heavy atom. The lowest BCUT2D eigenvalue weighted by atomic mass is 10.0. The average molecular weight is 348 g/mol. The molecule has 0 aliphatic carbocycles. The van der Waals surface area contributed by atoms with Crippen molar-refractivity contribution in [1.82, 2.24) is 4.57 Å². The van der Waals surface area contributed by atoms with E-state index in [9.17, 15) is 9.59 Å². The van der Waals surface area contributed by atoms with Crippen molar-refractivity contribution in [2.45, 2.75) is 37.9 Å². The van der Waals surface area contributed by atoms with Crippen molar-refractivity contribution in [3.05, 3.63) is 64.6 Å². The van der Waals surface area contributed by atoms with Crippen molar-refractivity contribution >= 4 is 11.6 Å². The van der Waals surface area contributed by atoms with E-state index in [1.807, 2.05) is 30.3 Å².